The highest BCUT2D eigenvalue weighted by molar-refractivity contribution is 6.02. The molecule has 0 radical (unpaired) electrons. The molecule has 4 rings (SSSR count). The number of rotatable bonds is 5. The minimum absolute atomic E-state index is 0.325. The molecule has 6 nitrogen and oxygen atoms in total. The third-order valence-corrected chi connectivity index (χ3v) is 4.88. The SMILES string of the molecule is CCc1ccc(C(=O)NNC(=O)c2ccccc2-c2ncc(-c3ccccc3)o2)cc1. The van der Waals surface area contributed by atoms with Crippen molar-refractivity contribution >= 4 is 11.8 Å². The van der Waals surface area contributed by atoms with Crippen molar-refractivity contribution < 1.29 is 14.0 Å². The number of nitrogens with zero attached hydrogens (tertiary/aromatic N) is 1. The van der Waals surface area contributed by atoms with Gasteiger partial charge >= 0.3 is 0 Å². The van der Waals surface area contributed by atoms with Gasteiger partial charge in [-0.05, 0) is 36.2 Å². The zero-order valence-corrected chi connectivity index (χ0v) is 17.0. The van der Waals surface area contributed by atoms with Gasteiger partial charge in [-0.25, -0.2) is 4.98 Å². The second-order valence-corrected chi connectivity index (χ2v) is 6.90. The van der Waals surface area contributed by atoms with Crippen molar-refractivity contribution in [1.29, 1.82) is 0 Å². The van der Waals surface area contributed by atoms with E-state index in [-0.39, 0.29) is 0 Å². The summed E-state index contributed by atoms with van der Waals surface area (Å²) < 4.78 is 5.88. The lowest BCUT2D eigenvalue weighted by molar-refractivity contribution is 0.0847. The first-order valence-electron chi connectivity index (χ1n) is 9.96. The van der Waals surface area contributed by atoms with E-state index in [2.05, 4.69) is 15.8 Å². The minimum atomic E-state index is -0.464. The van der Waals surface area contributed by atoms with Crippen molar-refractivity contribution in [2.24, 2.45) is 0 Å². The summed E-state index contributed by atoms with van der Waals surface area (Å²) in [7, 11) is 0. The summed E-state index contributed by atoms with van der Waals surface area (Å²) >= 11 is 0. The number of aromatic nitrogens is 1. The molecule has 0 atom stereocenters. The first-order chi connectivity index (χ1) is 15.2. The van der Waals surface area contributed by atoms with Crippen LogP contribution < -0.4 is 10.9 Å². The van der Waals surface area contributed by atoms with E-state index in [4.69, 9.17) is 4.42 Å². The Bertz CT molecular complexity index is 1200. The van der Waals surface area contributed by atoms with Crippen molar-refractivity contribution in [3.8, 4) is 22.8 Å². The van der Waals surface area contributed by atoms with Crippen LogP contribution in [0.25, 0.3) is 22.8 Å². The van der Waals surface area contributed by atoms with E-state index in [1.807, 2.05) is 49.4 Å². The molecule has 6 heteroatoms. The van der Waals surface area contributed by atoms with Crippen LogP contribution in [0.2, 0.25) is 0 Å². The van der Waals surface area contributed by atoms with E-state index in [9.17, 15) is 9.59 Å². The monoisotopic (exact) mass is 411 g/mol. The fourth-order valence-electron chi connectivity index (χ4n) is 3.15. The van der Waals surface area contributed by atoms with Crippen molar-refractivity contribution in [1.82, 2.24) is 15.8 Å². The third-order valence-electron chi connectivity index (χ3n) is 4.88. The Morgan fingerprint density at radius 2 is 1.52 bits per heavy atom. The molecule has 0 aliphatic rings. The molecule has 0 unspecified atom stereocenters. The average Bonchev–Trinajstić information content (AvgIpc) is 3.33. The maximum Gasteiger partial charge on any atom is 0.270 e. The second kappa shape index (κ2) is 9.09. The van der Waals surface area contributed by atoms with E-state index >= 15 is 0 Å². The number of hydrogen-bond acceptors (Lipinski definition) is 4. The lowest BCUT2D eigenvalue weighted by Crippen LogP contribution is -2.41. The quantitative estimate of drug-likeness (QED) is 0.469. The van der Waals surface area contributed by atoms with Crippen molar-refractivity contribution in [2.75, 3.05) is 0 Å². The van der Waals surface area contributed by atoms with Crippen LogP contribution in [0.1, 0.15) is 33.2 Å². The van der Waals surface area contributed by atoms with Gasteiger partial charge in [0.15, 0.2) is 5.76 Å². The average molecular weight is 411 g/mol. The molecule has 0 saturated heterocycles. The number of aryl methyl sites for hydroxylation is 1. The summed E-state index contributed by atoms with van der Waals surface area (Å²) in [6.45, 7) is 2.05. The molecule has 0 fully saturated rings. The van der Waals surface area contributed by atoms with Gasteiger partial charge in [0.25, 0.3) is 11.8 Å². The molecule has 0 aliphatic carbocycles. The van der Waals surface area contributed by atoms with Crippen LogP contribution in [0.4, 0.5) is 0 Å². The van der Waals surface area contributed by atoms with Crippen LogP contribution in [0.5, 0.6) is 0 Å². The number of benzene rings is 3. The van der Waals surface area contributed by atoms with E-state index in [1.54, 1.807) is 42.6 Å². The Kier molecular flexibility index (Phi) is 5.89. The molecule has 2 N–H and O–H groups in total. The van der Waals surface area contributed by atoms with Gasteiger partial charge in [-0.15, -0.1) is 0 Å². The summed E-state index contributed by atoms with van der Waals surface area (Å²) in [6.07, 6.45) is 2.52. The van der Waals surface area contributed by atoms with Crippen molar-refractivity contribution in [2.45, 2.75) is 13.3 Å². The predicted molar refractivity (Wildman–Crippen MR) is 118 cm³/mol. The molecule has 0 saturated carbocycles. The summed E-state index contributed by atoms with van der Waals surface area (Å²) in [6, 6.07) is 23.8. The van der Waals surface area contributed by atoms with Crippen LogP contribution >= 0.6 is 0 Å². The maximum absolute atomic E-state index is 12.8. The predicted octanol–water partition coefficient (Wildman–Crippen LogP) is 4.65. The van der Waals surface area contributed by atoms with Crippen LogP contribution in [0, 0.1) is 0 Å². The number of oxazole rings is 1. The van der Waals surface area contributed by atoms with Crippen molar-refractivity contribution in [3.05, 3.63) is 102 Å². The summed E-state index contributed by atoms with van der Waals surface area (Å²) in [5.41, 5.74) is 8.28. The van der Waals surface area contributed by atoms with E-state index < -0.39 is 11.8 Å². The Morgan fingerprint density at radius 3 is 2.26 bits per heavy atom. The molecule has 3 aromatic carbocycles. The highest BCUT2D eigenvalue weighted by atomic mass is 16.4. The minimum Gasteiger partial charge on any atom is -0.436 e. The number of carbonyl (C=O) groups excluding carboxylic acids is 2. The number of hydrogen-bond donors (Lipinski definition) is 2. The van der Waals surface area contributed by atoms with E-state index in [0.29, 0.717) is 28.3 Å². The van der Waals surface area contributed by atoms with Gasteiger partial charge in [-0.2, -0.15) is 0 Å². The standard InChI is InChI=1S/C25H21N3O3/c1-2-17-12-14-19(15-13-17)23(29)27-28-24(30)20-10-6-7-11-21(20)25-26-16-22(31-25)18-8-4-3-5-9-18/h3-16H,2H2,1H3,(H,27,29)(H,28,30). The molecule has 0 aliphatic heterocycles. The normalized spacial score (nSPS) is 10.5. The smallest absolute Gasteiger partial charge is 0.270 e. The fraction of sp³-hybridized carbons (Fsp3) is 0.0800. The Hall–Kier alpha value is -4.19. The second-order valence-electron chi connectivity index (χ2n) is 6.90. The zero-order valence-electron chi connectivity index (χ0n) is 17.0. The Balaban J connectivity index is 1.50. The fourth-order valence-corrected chi connectivity index (χ4v) is 3.15. The van der Waals surface area contributed by atoms with Crippen molar-refractivity contribution in [3.63, 3.8) is 0 Å². The van der Waals surface area contributed by atoms with Gasteiger partial charge < -0.3 is 4.42 Å². The topological polar surface area (TPSA) is 84.2 Å². The molecule has 31 heavy (non-hydrogen) atoms. The molecule has 2 amide bonds. The lowest BCUT2D eigenvalue weighted by Gasteiger charge is -2.10. The van der Waals surface area contributed by atoms with Crippen LogP contribution in [-0.4, -0.2) is 16.8 Å². The zero-order chi connectivity index (χ0) is 21.6. The molecule has 154 valence electrons. The molecule has 4 aromatic rings. The lowest BCUT2D eigenvalue weighted by atomic mass is 10.1. The maximum atomic E-state index is 12.8. The Labute approximate surface area is 179 Å². The number of amides is 2. The summed E-state index contributed by atoms with van der Waals surface area (Å²) in [5, 5.41) is 0. The molecule has 0 bridgehead atoms. The van der Waals surface area contributed by atoms with Gasteiger partial charge in [-0.3, -0.25) is 20.4 Å². The van der Waals surface area contributed by atoms with E-state index in [1.165, 1.54) is 0 Å². The number of hydrazine groups is 1. The van der Waals surface area contributed by atoms with Gasteiger partial charge in [0, 0.05) is 16.7 Å². The highest BCUT2D eigenvalue weighted by Crippen LogP contribution is 2.28. The first-order valence-corrected chi connectivity index (χ1v) is 9.96. The molecule has 1 aromatic heterocycles. The van der Waals surface area contributed by atoms with Gasteiger partial charge in [0.05, 0.1) is 11.8 Å². The van der Waals surface area contributed by atoms with Crippen LogP contribution in [0.15, 0.2) is 89.5 Å². The van der Waals surface area contributed by atoms with Gasteiger partial charge in [0.1, 0.15) is 0 Å². The first kappa shape index (κ1) is 20.1. The molecular weight excluding hydrogens is 390 g/mol. The van der Waals surface area contributed by atoms with Crippen LogP contribution in [0.3, 0.4) is 0 Å². The van der Waals surface area contributed by atoms with E-state index in [0.717, 1.165) is 17.5 Å². The Morgan fingerprint density at radius 1 is 0.839 bits per heavy atom. The summed E-state index contributed by atoms with van der Waals surface area (Å²) in [4.78, 5) is 29.4. The van der Waals surface area contributed by atoms with Gasteiger partial charge in [-0.1, -0.05) is 61.5 Å². The molecule has 0 spiro atoms. The van der Waals surface area contributed by atoms with Crippen LogP contribution in [-0.2, 0) is 6.42 Å². The number of nitrogens with one attached hydrogen (secondary N) is 2. The highest BCUT2D eigenvalue weighted by Gasteiger charge is 2.17. The molecular formula is C25H21N3O3. The largest absolute Gasteiger partial charge is 0.436 e. The third kappa shape index (κ3) is 4.53. The molecule has 1 heterocycles. The number of carbonyl (C=O) groups is 2. The summed E-state index contributed by atoms with van der Waals surface area (Å²) in [5.74, 6) is 0.0743. The van der Waals surface area contributed by atoms with Gasteiger partial charge in [0.2, 0.25) is 5.89 Å².